The number of aromatic amines is 3. The summed E-state index contributed by atoms with van der Waals surface area (Å²) >= 11 is 0. The van der Waals surface area contributed by atoms with E-state index in [2.05, 4.69) is 20.3 Å². The molecule has 0 aliphatic rings. The third-order valence-corrected chi connectivity index (χ3v) is 8.71. The van der Waals surface area contributed by atoms with Crippen molar-refractivity contribution in [1.29, 1.82) is 0 Å². The van der Waals surface area contributed by atoms with Gasteiger partial charge in [0.25, 0.3) is 5.91 Å². The van der Waals surface area contributed by atoms with E-state index in [9.17, 15) is 19.2 Å². The van der Waals surface area contributed by atoms with Crippen LogP contribution in [0.25, 0.3) is 32.7 Å². The molecule has 11 nitrogen and oxygen atoms in total. The Morgan fingerprint density at radius 2 is 1.08 bits per heavy atom. The number of hydrogen-bond donors (Lipinski definition) is 4. The van der Waals surface area contributed by atoms with Crippen LogP contribution in [0.2, 0.25) is 0 Å². The van der Waals surface area contributed by atoms with Crippen molar-refractivity contribution >= 4 is 56.5 Å². The third kappa shape index (κ3) is 8.06. The highest BCUT2D eigenvalue weighted by atomic mass is 16.6. The second-order valence-electron chi connectivity index (χ2n) is 13.0. The maximum Gasteiger partial charge on any atom is 0.311 e. The Balaban J connectivity index is 1.05. The number of amides is 1. The van der Waals surface area contributed by atoms with Crippen molar-refractivity contribution in [3.05, 3.63) is 108 Å². The van der Waals surface area contributed by atoms with E-state index in [0.717, 1.165) is 49.4 Å². The van der Waals surface area contributed by atoms with E-state index < -0.39 is 29.4 Å². The van der Waals surface area contributed by atoms with Gasteiger partial charge in [0.05, 0.1) is 25.9 Å². The van der Waals surface area contributed by atoms with E-state index in [1.54, 1.807) is 32.4 Å². The van der Waals surface area contributed by atoms with Crippen LogP contribution in [0.15, 0.2) is 91.4 Å². The van der Waals surface area contributed by atoms with E-state index in [-0.39, 0.29) is 45.0 Å². The number of carbonyl (C=O) groups excluding carboxylic acids is 4. The van der Waals surface area contributed by atoms with Crippen molar-refractivity contribution in [2.75, 3.05) is 19.8 Å². The van der Waals surface area contributed by atoms with Crippen molar-refractivity contribution in [1.82, 2.24) is 20.3 Å². The van der Waals surface area contributed by atoms with Gasteiger partial charge in [-0.3, -0.25) is 19.2 Å². The normalized spacial score (nSPS) is 12.2. The Morgan fingerprint density at radius 1 is 0.640 bits per heavy atom. The standard InChI is InChI=1S/C39H40N4O7/c1-39(2,24-49-35(45)19-26-22-42-32-14-7-4-11-29(26)32)37(50-36(46)20-27-23-43-33-15-8-5-12-30(27)33)38(47)40-16-9-17-48-34(44)18-25-21-41-31-13-6-3-10-28(25)31/h3-8,10-15,21-23,37,41-43H,9,16-20,24H2,1-2H3,(H,40,47). The predicted octanol–water partition coefficient (Wildman–Crippen LogP) is 5.69. The lowest BCUT2D eigenvalue weighted by atomic mass is 9.86. The highest BCUT2D eigenvalue weighted by Crippen LogP contribution is 2.27. The van der Waals surface area contributed by atoms with Gasteiger partial charge in [-0.2, -0.15) is 0 Å². The lowest BCUT2D eigenvalue weighted by Gasteiger charge is -2.32. The number of rotatable bonds is 15. The summed E-state index contributed by atoms with van der Waals surface area (Å²) in [6.45, 7) is 3.52. The topological polar surface area (TPSA) is 155 Å². The van der Waals surface area contributed by atoms with Crippen molar-refractivity contribution in [2.24, 2.45) is 5.41 Å². The molecule has 6 rings (SSSR count). The van der Waals surface area contributed by atoms with Crippen LogP contribution in [0.1, 0.15) is 37.0 Å². The number of carbonyl (C=O) groups is 4. The summed E-state index contributed by atoms with van der Waals surface area (Å²) in [7, 11) is 0. The maximum atomic E-state index is 13.6. The first-order valence-corrected chi connectivity index (χ1v) is 16.6. The maximum absolute atomic E-state index is 13.6. The molecular weight excluding hydrogens is 636 g/mol. The van der Waals surface area contributed by atoms with Gasteiger partial charge in [0.15, 0.2) is 6.10 Å². The smallest absolute Gasteiger partial charge is 0.311 e. The van der Waals surface area contributed by atoms with Gasteiger partial charge in [-0.25, -0.2) is 0 Å². The molecule has 0 fully saturated rings. The first kappa shape index (κ1) is 34.0. The van der Waals surface area contributed by atoms with Crippen molar-refractivity contribution < 1.29 is 33.4 Å². The van der Waals surface area contributed by atoms with Crippen LogP contribution >= 0.6 is 0 Å². The van der Waals surface area contributed by atoms with Crippen LogP contribution in [0.3, 0.4) is 0 Å². The molecule has 258 valence electrons. The summed E-state index contributed by atoms with van der Waals surface area (Å²) in [5.74, 6) is -1.98. The van der Waals surface area contributed by atoms with Gasteiger partial charge in [0, 0.05) is 63.3 Å². The molecule has 0 radical (unpaired) electrons. The van der Waals surface area contributed by atoms with Crippen LogP contribution in [0, 0.1) is 5.41 Å². The quantitative estimate of drug-likeness (QED) is 0.0619. The van der Waals surface area contributed by atoms with Gasteiger partial charge < -0.3 is 34.5 Å². The zero-order valence-corrected chi connectivity index (χ0v) is 28.0. The number of ether oxygens (including phenoxy) is 3. The van der Waals surface area contributed by atoms with Gasteiger partial charge in [-0.15, -0.1) is 0 Å². The number of nitrogens with one attached hydrogen (secondary N) is 4. The summed E-state index contributed by atoms with van der Waals surface area (Å²) in [5, 5.41) is 5.58. The zero-order valence-electron chi connectivity index (χ0n) is 28.0. The lowest BCUT2D eigenvalue weighted by Crippen LogP contribution is -2.49. The molecule has 11 heteroatoms. The van der Waals surface area contributed by atoms with Gasteiger partial charge in [-0.1, -0.05) is 68.4 Å². The number of aromatic nitrogens is 3. The number of benzene rings is 3. The molecular formula is C39H40N4O7. The molecule has 0 saturated carbocycles. The Hall–Kier alpha value is -5.84. The molecule has 1 amide bonds. The number of H-pyrrole nitrogens is 3. The van der Waals surface area contributed by atoms with E-state index in [0.29, 0.717) is 6.42 Å². The van der Waals surface area contributed by atoms with Crippen molar-refractivity contribution in [3.8, 4) is 0 Å². The predicted molar refractivity (Wildman–Crippen MR) is 189 cm³/mol. The molecule has 4 N–H and O–H groups in total. The van der Waals surface area contributed by atoms with Gasteiger partial charge >= 0.3 is 17.9 Å². The van der Waals surface area contributed by atoms with Crippen LogP contribution < -0.4 is 5.32 Å². The average Bonchev–Trinajstić information content (AvgIpc) is 3.83. The van der Waals surface area contributed by atoms with Gasteiger partial charge in [0.2, 0.25) is 0 Å². The summed E-state index contributed by atoms with van der Waals surface area (Å²) in [4.78, 5) is 61.7. The van der Waals surface area contributed by atoms with E-state index in [1.165, 1.54) is 0 Å². The molecule has 3 aromatic heterocycles. The second kappa shape index (κ2) is 15.1. The minimum absolute atomic E-state index is 0.0380. The molecule has 0 saturated heterocycles. The summed E-state index contributed by atoms with van der Waals surface area (Å²) in [6, 6.07) is 23.0. The SMILES string of the molecule is CC(C)(COC(=O)Cc1c[nH]c2ccccc12)C(OC(=O)Cc1c[nH]c2ccccc12)C(=O)NCCCOC(=O)Cc1c[nH]c2ccccc12. The molecule has 1 atom stereocenters. The molecule has 50 heavy (non-hydrogen) atoms. The van der Waals surface area contributed by atoms with Gasteiger partial charge in [-0.05, 0) is 41.3 Å². The number of esters is 3. The molecule has 3 heterocycles. The molecule has 0 aliphatic heterocycles. The highest BCUT2D eigenvalue weighted by Gasteiger charge is 2.40. The molecule has 0 aliphatic carbocycles. The molecule has 3 aromatic carbocycles. The zero-order chi connectivity index (χ0) is 35.1. The molecule has 6 aromatic rings. The largest absolute Gasteiger partial charge is 0.465 e. The van der Waals surface area contributed by atoms with E-state index in [1.807, 2.05) is 72.8 Å². The monoisotopic (exact) mass is 676 g/mol. The minimum Gasteiger partial charge on any atom is -0.465 e. The minimum atomic E-state index is -1.27. The van der Waals surface area contributed by atoms with E-state index in [4.69, 9.17) is 14.2 Å². The summed E-state index contributed by atoms with van der Waals surface area (Å²) in [6.07, 6.45) is 4.50. The first-order chi connectivity index (χ1) is 24.2. The molecule has 1 unspecified atom stereocenters. The van der Waals surface area contributed by atoms with Crippen molar-refractivity contribution in [2.45, 2.75) is 45.6 Å². The Kier molecular flexibility index (Phi) is 10.3. The molecule has 0 bridgehead atoms. The second-order valence-corrected chi connectivity index (χ2v) is 13.0. The van der Waals surface area contributed by atoms with Crippen molar-refractivity contribution in [3.63, 3.8) is 0 Å². The fraction of sp³-hybridized carbons (Fsp3) is 0.282. The van der Waals surface area contributed by atoms with E-state index >= 15 is 0 Å². The fourth-order valence-corrected chi connectivity index (χ4v) is 6.05. The third-order valence-electron chi connectivity index (χ3n) is 8.71. The van der Waals surface area contributed by atoms with Crippen LogP contribution in [0.4, 0.5) is 0 Å². The fourth-order valence-electron chi connectivity index (χ4n) is 6.05. The number of para-hydroxylation sites is 3. The summed E-state index contributed by atoms with van der Waals surface area (Å²) in [5.41, 5.74) is 4.05. The molecule has 0 spiro atoms. The van der Waals surface area contributed by atoms with Gasteiger partial charge in [0.1, 0.15) is 6.61 Å². The Labute approximate surface area is 288 Å². The van der Waals surface area contributed by atoms with Crippen LogP contribution in [0.5, 0.6) is 0 Å². The highest BCUT2D eigenvalue weighted by molar-refractivity contribution is 5.90. The van der Waals surface area contributed by atoms with Crippen LogP contribution in [-0.4, -0.2) is 64.6 Å². The number of hydrogen-bond acceptors (Lipinski definition) is 7. The average molecular weight is 677 g/mol. The first-order valence-electron chi connectivity index (χ1n) is 16.6. The Morgan fingerprint density at radius 3 is 1.58 bits per heavy atom. The number of fused-ring (bicyclic) bond motifs is 3. The van der Waals surface area contributed by atoms with Crippen LogP contribution in [-0.2, 0) is 52.7 Å². The lowest BCUT2D eigenvalue weighted by molar-refractivity contribution is -0.168. The Bertz CT molecular complexity index is 2140. The summed E-state index contributed by atoms with van der Waals surface area (Å²) < 4.78 is 16.9.